The SMILES string of the molecule is O=C(Cc1ccc2cccc([N+](=O)[O-])c2c1)CC1CN2CCC1CC2. The second-order valence-electron chi connectivity index (χ2n) is 7.41. The van der Waals surface area contributed by atoms with Crippen molar-refractivity contribution in [2.45, 2.75) is 25.7 Å². The summed E-state index contributed by atoms with van der Waals surface area (Å²) in [7, 11) is 0. The molecule has 3 fully saturated rings. The molecule has 2 aromatic carbocycles. The monoisotopic (exact) mass is 338 g/mol. The minimum atomic E-state index is -0.360. The summed E-state index contributed by atoms with van der Waals surface area (Å²) < 4.78 is 0. The molecule has 3 aliphatic rings. The van der Waals surface area contributed by atoms with Crippen LogP contribution in [0.15, 0.2) is 36.4 Å². The highest BCUT2D eigenvalue weighted by Crippen LogP contribution is 2.34. The average Bonchev–Trinajstić information content (AvgIpc) is 2.62. The smallest absolute Gasteiger partial charge is 0.277 e. The van der Waals surface area contributed by atoms with Gasteiger partial charge in [0.1, 0.15) is 5.78 Å². The molecule has 3 aliphatic heterocycles. The Kier molecular flexibility index (Phi) is 4.25. The van der Waals surface area contributed by atoms with Gasteiger partial charge in [-0.25, -0.2) is 0 Å². The molecular formula is C20H22N2O3. The van der Waals surface area contributed by atoms with Crippen molar-refractivity contribution in [2.24, 2.45) is 11.8 Å². The van der Waals surface area contributed by atoms with E-state index in [0.717, 1.165) is 17.5 Å². The molecule has 5 heteroatoms. The van der Waals surface area contributed by atoms with Crippen LogP contribution in [-0.4, -0.2) is 35.2 Å². The molecule has 2 bridgehead atoms. The van der Waals surface area contributed by atoms with E-state index in [2.05, 4.69) is 4.90 Å². The van der Waals surface area contributed by atoms with Crippen LogP contribution in [0.1, 0.15) is 24.8 Å². The van der Waals surface area contributed by atoms with Gasteiger partial charge in [0.25, 0.3) is 5.69 Å². The number of fused-ring (bicyclic) bond motifs is 4. The second-order valence-corrected chi connectivity index (χ2v) is 7.41. The highest BCUT2D eigenvalue weighted by atomic mass is 16.6. The van der Waals surface area contributed by atoms with Crippen LogP contribution >= 0.6 is 0 Å². The van der Waals surface area contributed by atoms with Crippen molar-refractivity contribution in [3.8, 4) is 0 Å². The van der Waals surface area contributed by atoms with Gasteiger partial charge in [-0.05, 0) is 54.8 Å². The Morgan fingerprint density at radius 3 is 2.68 bits per heavy atom. The standard InChI is InChI=1S/C20H22N2O3/c23-18(12-17-13-21-8-6-15(17)7-9-21)10-14-4-5-16-2-1-3-20(22(24)25)19(16)11-14/h1-5,11,15,17H,6-10,12-13H2. The zero-order valence-electron chi connectivity index (χ0n) is 14.2. The lowest BCUT2D eigenvalue weighted by molar-refractivity contribution is -0.383. The summed E-state index contributed by atoms with van der Waals surface area (Å²) in [6.07, 6.45) is 3.45. The number of nitrogens with zero attached hydrogens (tertiary/aromatic N) is 2. The van der Waals surface area contributed by atoms with Crippen molar-refractivity contribution in [1.82, 2.24) is 4.90 Å². The van der Waals surface area contributed by atoms with Gasteiger partial charge >= 0.3 is 0 Å². The molecule has 0 N–H and O–H groups in total. The van der Waals surface area contributed by atoms with E-state index < -0.39 is 0 Å². The minimum absolute atomic E-state index is 0.101. The number of hydrogen-bond acceptors (Lipinski definition) is 4. The molecule has 0 aliphatic carbocycles. The molecule has 2 aromatic rings. The fraction of sp³-hybridized carbons (Fsp3) is 0.450. The molecule has 5 nitrogen and oxygen atoms in total. The van der Waals surface area contributed by atoms with Gasteiger partial charge in [-0.15, -0.1) is 0 Å². The van der Waals surface area contributed by atoms with Crippen molar-refractivity contribution >= 4 is 22.2 Å². The first-order chi connectivity index (χ1) is 12.1. The first kappa shape index (κ1) is 16.2. The van der Waals surface area contributed by atoms with Crippen molar-refractivity contribution < 1.29 is 9.72 Å². The number of non-ortho nitro benzene ring substituents is 1. The van der Waals surface area contributed by atoms with E-state index in [1.54, 1.807) is 6.07 Å². The maximum Gasteiger partial charge on any atom is 0.277 e. The molecule has 130 valence electrons. The number of nitro benzene ring substituents is 1. The summed E-state index contributed by atoms with van der Waals surface area (Å²) in [5.74, 6) is 1.44. The first-order valence-electron chi connectivity index (χ1n) is 9.00. The van der Waals surface area contributed by atoms with Crippen molar-refractivity contribution in [3.05, 3.63) is 52.1 Å². The van der Waals surface area contributed by atoms with E-state index in [-0.39, 0.29) is 16.4 Å². The molecule has 0 radical (unpaired) electrons. The number of Topliss-reactive ketones (excluding diaryl/α,β-unsaturated/α-hetero) is 1. The Balaban J connectivity index is 1.49. The van der Waals surface area contributed by atoms with E-state index in [1.165, 1.54) is 32.0 Å². The Bertz CT molecular complexity index is 825. The molecule has 3 heterocycles. The lowest BCUT2D eigenvalue weighted by Gasteiger charge is -2.44. The van der Waals surface area contributed by atoms with Crippen molar-refractivity contribution in [2.75, 3.05) is 19.6 Å². The van der Waals surface area contributed by atoms with E-state index in [0.29, 0.717) is 30.1 Å². The van der Waals surface area contributed by atoms with Gasteiger partial charge in [0.15, 0.2) is 0 Å². The van der Waals surface area contributed by atoms with Gasteiger partial charge in [0.2, 0.25) is 0 Å². The summed E-state index contributed by atoms with van der Waals surface area (Å²) in [5.41, 5.74) is 0.970. The fourth-order valence-electron chi connectivity index (χ4n) is 4.48. The Morgan fingerprint density at radius 1 is 1.20 bits per heavy atom. The van der Waals surface area contributed by atoms with Crippen LogP contribution in [0, 0.1) is 22.0 Å². The third kappa shape index (κ3) is 3.29. The van der Waals surface area contributed by atoms with Gasteiger partial charge < -0.3 is 4.90 Å². The van der Waals surface area contributed by atoms with Gasteiger partial charge in [-0.3, -0.25) is 14.9 Å². The third-order valence-electron chi connectivity index (χ3n) is 5.80. The highest BCUT2D eigenvalue weighted by molar-refractivity contribution is 5.92. The third-order valence-corrected chi connectivity index (χ3v) is 5.80. The number of carbonyl (C=O) groups excluding carboxylic acids is 1. The molecule has 0 amide bonds. The van der Waals surface area contributed by atoms with E-state index in [9.17, 15) is 14.9 Å². The maximum absolute atomic E-state index is 12.6. The van der Waals surface area contributed by atoms with Gasteiger partial charge in [0, 0.05) is 25.5 Å². The van der Waals surface area contributed by atoms with Crippen LogP contribution in [0.3, 0.4) is 0 Å². The average molecular weight is 338 g/mol. The van der Waals surface area contributed by atoms with Gasteiger partial charge in [-0.1, -0.05) is 24.3 Å². The molecule has 0 saturated carbocycles. The van der Waals surface area contributed by atoms with Crippen LogP contribution in [0.2, 0.25) is 0 Å². The number of hydrogen-bond donors (Lipinski definition) is 0. The van der Waals surface area contributed by atoms with Crippen LogP contribution < -0.4 is 0 Å². The molecule has 1 atom stereocenters. The number of rotatable bonds is 5. The van der Waals surface area contributed by atoms with Crippen molar-refractivity contribution in [3.63, 3.8) is 0 Å². The predicted molar refractivity (Wildman–Crippen MR) is 96.6 cm³/mol. The number of nitro groups is 1. The zero-order valence-corrected chi connectivity index (χ0v) is 14.2. The number of carbonyl (C=O) groups is 1. The normalized spacial score (nSPS) is 25.2. The first-order valence-corrected chi connectivity index (χ1v) is 9.00. The summed E-state index contributed by atoms with van der Waals surface area (Å²) >= 11 is 0. The van der Waals surface area contributed by atoms with E-state index in [4.69, 9.17) is 0 Å². The predicted octanol–water partition coefficient (Wildman–Crippen LogP) is 3.59. The highest BCUT2D eigenvalue weighted by Gasteiger charge is 2.34. The molecule has 5 rings (SSSR count). The zero-order chi connectivity index (χ0) is 17.4. The molecule has 25 heavy (non-hydrogen) atoms. The van der Waals surface area contributed by atoms with E-state index in [1.807, 2.05) is 24.3 Å². The Labute approximate surface area is 146 Å². The largest absolute Gasteiger partial charge is 0.303 e. The molecule has 0 aromatic heterocycles. The van der Waals surface area contributed by atoms with Crippen molar-refractivity contribution in [1.29, 1.82) is 0 Å². The number of benzene rings is 2. The van der Waals surface area contributed by atoms with E-state index >= 15 is 0 Å². The second kappa shape index (κ2) is 6.56. The Morgan fingerprint density at radius 2 is 2.00 bits per heavy atom. The molecule has 3 saturated heterocycles. The van der Waals surface area contributed by atoms with Crippen LogP contribution in [0.4, 0.5) is 5.69 Å². The van der Waals surface area contributed by atoms with Crippen LogP contribution in [0.25, 0.3) is 10.8 Å². The summed E-state index contributed by atoms with van der Waals surface area (Å²) in [5, 5.41) is 12.7. The summed E-state index contributed by atoms with van der Waals surface area (Å²) in [6.45, 7) is 3.42. The van der Waals surface area contributed by atoms with Crippen LogP contribution in [0.5, 0.6) is 0 Å². The topological polar surface area (TPSA) is 63.4 Å². The Hall–Kier alpha value is -2.27. The molecule has 1 unspecified atom stereocenters. The van der Waals surface area contributed by atoms with Crippen LogP contribution in [-0.2, 0) is 11.2 Å². The lowest BCUT2D eigenvalue weighted by Crippen LogP contribution is -2.47. The molecular weight excluding hydrogens is 316 g/mol. The van der Waals surface area contributed by atoms with Gasteiger partial charge in [0.05, 0.1) is 10.3 Å². The quantitative estimate of drug-likeness (QED) is 0.617. The number of piperidine rings is 3. The fourth-order valence-corrected chi connectivity index (χ4v) is 4.48. The minimum Gasteiger partial charge on any atom is -0.303 e. The maximum atomic E-state index is 12.6. The molecule has 0 spiro atoms. The summed E-state index contributed by atoms with van der Waals surface area (Å²) in [6, 6.07) is 10.7. The number of ketones is 1. The lowest BCUT2D eigenvalue weighted by atomic mass is 9.76. The van der Waals surface area contributed by atoms with Gasteiger partial charge in [-0.2, -0.15) is 0 Å². The summed E-state index contributed by atoms with van der Waals surface area (Å²) in [4.78, 5) is 25.9.